The van der Waals surface area contributed by atoms with Crippen molar-refractivity contribution in [3.8, 4) is 23.3 Å². The van der Waals surface area contributed by atoms with Crippen LogP contribution in [0.15, 0.2) is 42.5 Å². The second kappa shape index (κ2) is 7.88. The molecule has 0 unspecified atom stereocenters. The van der Waals surface area contributed by atoms with Gasteiger partial charge in [-0.3, -0.25) is 4.79 Å². The smallest absolute Gasteiger partial charge is 0.265 e. The molecular weight excluding hydrogens is 308 g/mol. The molecule has 0 radical (unpaired) electrons. The molecule has 124 valence electrons. The summed E-state index contributed by atoms with van der Waals surface area (Å²) in [5, 5.41) is 11.8. The van der Waals surface area contributed by atoms with E-state index in [2.05, 4.69) is 5.32 Å². The van der Waals surface area contributed by atoms with Crippen molar-refractivity contribution in [2.45, 2.75) is 13.0 Å². The Bertz CT molecular complexity index is 768. The summed E-state index contributed by atoms with van der Waals surface area (Å²) in [5.41, 5.74) is 0.849. The molecule has 0 spiro atoms. The summed E-state index contributed by atoms with van der Waals surface area (Å²) in [5.74, 6) is 1.10. The highest BCUT2D eigenvalue weighted by molar-refractivity contribution is 5.95. The summed E-state index contributed by atoms with van der Waals surface area (Å²) in [6.07, 6.45) is -0.796. The highest BCUT2D eigenvalue weighted by Gasteiger charge is 2.18. The molecule has 2 aromatic carbocycles. The Kier molecular flexibility index (Phi) is 5.63. The molecular formula is C18H18N2O4. The van der Waals surface area contributed by atoms with Gasteiger partial charge in [0.2, 0.25) is 0 Å². The fourth-order valence-corrected chi connectivity index (χ4v) is 2.05. The normalized spacial score (nSPS) is 11.1. The molecule has 2 rings (SSSR count). The number of nitrogens with one attached hydrogen (secondary N) is 1. The van der Waals surface area contributed by atoms with E-state index < -0.39 is 6.10 Å². The summed E-state index contributed by atoms with van der Waals surface area (Å²) < 4.78 is 16.0. The highest BCUT2D eigenvalue weighted by atomic mass is 16.5. The number of benzene rings is 2. The third kappa shape index (κ3) is 3.96. The van der Waals surface area contributed by atoms with Crippen LogP contribution in [-0.2, 0) is 4.79 Å². The molecule has 0 heterocycles. The van der Waals surface area contributed by atoms with Gasteiger partial charge in [-0.1, -0.05) is 12.1 Å². The van der Waals surface area contributed by atoms with E-state index in [-0.39, 0.29) is 5.91 Å². The maximum absolute atomic E-state index is 12.4. The maximum atomic E-state index is 12.4. The highest BCUT2D eigenvalue weighted by Crippen LogP contribution is 2.29. The second-order valence-electron chi connectivity index (χ2n) is 4.92. The topological polar surface area (TPSA) is 80.6 Å². The van der Waals surface area contributed by atoms with Crippen LogP contribution in [0.2, 0.25) is 0 Å². The largest absolute Gasteiger partial charge is 0.497 e. The minimum atomic E-state index is -0.796. The van der Waals surface area contributed by atoms with E-state index in [1.807, 2.05) is 6.07 Å². The number of carbonyl (C=O) groups excluding carboxylic acids is 1. The van der Waals surface area contributed by atoms with Crippen LogP contribution >= 0.6 is 0 Å². The number of nitriles is 1. The molecule has 24 heavy (non-hydrogen) atoms. The molecule has 0 aromatic heterocycles. The lowest BCUT2D eigenvalue weighted by Gasteiger charge is -2.17. The number of rotatable bonds is 6. The van der Waals surface area contributed by atoms with Gasteiger partial charge >= 0.3 is 0 Å². The van der Waals surface area contributed by atoms with Gasteiger partial charge in [0, 0.05) is 6.07 Å². The molecule has 2 aromatic rings. The number of hydrogen-bond donors (Lipinski definition) is 1. The van der Waals surface area contributed by atoms with Crippen molar-refractivity contribution in [1.29, 1.82) is 5.26 Å². The fraction of sp³-hybridized carbons (Fsp3) is 0.222. The molecule has 6 nitrogen and oxygen atoms in total. The number of ether oxygens (including phenoxy) is 3. The van der Waals surface area contributed by atoms with Crippen molar-refractivity contribution in [3.05, 3.63) is 48.0 Å². The standard InChI is InChI=1S/C18H18N2O4/c1-12(24-16-7-5-4-6-13(16)11-19)18(21)20-15-10-14(22-2)8-9-17(15)23-3/h4-10,12H,1-3H3,(H,20,21)/t12-/m0/s1. The predicted octanol–water partition coefficient (Wildman–Crippen LogP) is 2.98. The quantitative estimate of drug-likeness (QED) is 0.882. The van der Waals surface area contributed by atoms with E-state index in [1.165, 1.54) is 14.2 Å². The van der Waals surface area contributed by atoms with Gasteiger partial charge in [0.25, 0.3) is 5.91 Å². The molecule has 1 amide bonds. The zero-order chi connectivity index (χ0) is 17.5. The number of amides is 1. The molecule has 0 aliphatic rings. The third-order valence-corrected chi connectivity index (χ3v) is 3.34. The Hall–Kier alpha value is -3.20. The van der Waals surface area contributed by atoms with Gasteiger partial charge in [0.05, 0.1) is 25.5 Å². The van der Waals surface area contributed by atoms with Crippen molar-refractivity contribution in [3.63, 3.8) is 0 Å². The van der Waals surface area contributed by atoms with Crippen molar-refractivity contribution in [2.75, 3.05) is 19.5 Å². The number of anilines is 1. The lowest BCUT2D eigenvalue weighted by Crippen LogP contribution is -2.30. The fourth-order valence-electron chi connectivity index (χ4n) is 2.05. The predicted molar refractivity (Wildman–Crippen MR) is 89.4 cm³/mol. The Balaban J connectivity index is 2.13. The van der Waals surface area contributed by atoms with Crippen LogP contribution in [0.1, 0.15) is 12.5 Å². The summed E-state index contributed by atoms with van der Waals surface area (Å²) in [6, 6.07) is 13.9. The number of hydrogen-bond acceptors (Lipinski definition) is 5. The lowest BCUT2D eigenvalue weighted by molar-refractivity contribution is -0.122. The van der Waals surface area contributed by atoms with E-state index in [0.717, 1.165) is 0 Å². The van der Waals surface area contributed by atoms with Crippen LogP contribution in [0.25, 0.3) is 0 Å². The molecule has 1 atom stereocenters. The Morgan fingerprint density at radius 3 is 2.54 bits per heavy atom. The van der Waals surface area contributed by atoms with Crippen LogP contribution in [0.5, 0.6) is 17.2 Å². The summed E-state index contributed by atoms with van der Waals surface area (Å²) in [7, 11) is 3.05. The molecule has 0 bridgehead atoms. The average molecular weight is 326 g/mol. The second-order valence-corrected chi connectivity index (χ2v) is 4.92. The first-order valence-corrected chi connectivity index (χ1v) is 7.27. The SMILES string of the molecule is COc1ccc(OC)c(NC(=O)[C@H](C)Oc2ccccc2C#N)c1. The summed E-state index contributed by atoms with van der Waals surface area (Å²) in [4.78, 5) is 12.4. The average Bonchev–Trinajstić information content (AvgIpc) is 2.61. The van der Waals surface area contributed by atoms with Crippen LogP contribution in [-0.4, -0.2) is 26.2 Å². The Labute approximate surface area is 140 Å². The zero-order valence-corrected chi connectivity index (χ0v) is 13.7. The van der Waals surface area contributed by atoms with Gasteiger partial charge in [-0.05, 0) is 31.2 Å². The third-order valence-electron chi connectivity index (χ3n) is 3.34. The molecule has 1 N–H and O–H groups in total. The van der Waals surface area contributed by atoms with E-state index in [9.17, 15) is 4.79 Å². The van der Waals surface area contributed by atoms with E-state index >= 15 is 0 Å². The number of nitrogens with zero attached hydrogens (tertiary/aromatic N) is 1. The molecule has 0 saturated carbocycles. The van der Waals surface area contributed by atoms with Gasteiger partial charge in [-0.15, -0.1) is 0 Å². The van der Waals surface area contributed by atoms with Crippen LogP contribution in [0.4, 0.5) is 5.69 Å². The lowest BCUT2D eigenvalue weighted by atomic mass is 10.2. The van der Waals surface area contributed by atoms with Crippen molar-refractivity contribution < 1.29 is 19.0 Å². The van der Waals surface area contributed by atoms with E-state index in [4.69, 9.17) is 19.5 Å². The first-order valence-electron chi connectivity index (χ1n) is 7.27. The van der Waals surface area contributed by atoms with Crippen LogP contribution in [0, 0.1) is 11.3 Å². The summed E-state index contributed by atoms with van der Waals surface area (Å²) in [6.45, 7) is 1.61. The first-order chi connectivity index (χ1) is 11.6. The monoisotopic (exact) mass is 326 g/mol. The molecule has 6 heteroatoms. The minimum Gasteiger partial charge on any atom is -0.497 e. The molecule has 0 saturated heterocycles. The number of methoxy groups -OCH3 is 2. The summed E-state index contributed by atoms with van der Waals surface area (Å²) >= 11 is 0. The number of carbonyl (C=O) groups is 1. The van der Waals surface area contributed by atoms with Gasteiger partial charge in [0.1, 0.15) is 23.3 Å². The van der Waals surface area contributed by atoms with Gasteiger partial charge in [-0.25, -0.2) is 0 Å². The van der Waals surface area contributed by atoms with Crippen molar-refractivity contribution in [2.24, 2.45) is 0 Å². The zero-order valence-electron chi connectivity index (χ0n) is 13.7. The van der Waals surface area contributed by atoms with Crippen LogP contribution in [0.3, 0.4) is 0 Å². The Morgan fingerprint density at radius 1 is 1.12 bits per heavy atom. The maximum Gasteiger partial charge on any atom is 0.265 e. The Morgan fingerprint density at radius 2 is 1.88 bits per heavy atom. The van der Waals surface area contributed by atoms with Gasteiger partial charge in [-0.2, -0.15) is 5.26 Å². The number of para-hydroxylation sites is 1. The van der Waals surface area contributed by atoms with Gasteiger partial charge in [0.15, 0.2) is 6.10 Å². The molecule has 0 aliphatic carbocycles. The molecule has 0 aliphatic heterocycles. The van der Waals surface area contributed by atoms with Crippen molar-refractivity contribution >= 4 is 11.6 Å². The van der Waals surface area contributed by atoms with Crippen molar-refractivity contribution in [1.82, 2.24) is 0 Å². The van der Waals surface area contributed by atoms with Gasteiger partial charge < -0.3 is 19.5 Å². The first kappa shape index (κ1) is 17.2. The minimum absolute atomic E-state index is 0.361. The molecule has 0 fully saturated rings. The van der Waals surface area contributed by atoms with E-state index in [1.54, 1.807) is 49.4 Å². The van der Waals surface area contributed by atoms with E-state index in [0.29, 0.717) is 28.5 Å². The van der Waals surface area contributed by atoms with Crippen LogP contribution < -0.4 is 19.5 Å².